The maximum absolute atomic E-state index is 11.0. The van der Waals surface area contributed by atoms with Crippen molar-refractivity contribution in [2.75, 3.05) is 10.6 Å². The molecule has 0 aliphatic rings. The molecule has 3 nitrogen and oxygen atoms in total. The highest BCUT2D eigenvalue weighted by Crippen LogP contribution is 2.16. The van der Waals surface area contributed by atoms with Gasteiger partial charge in [0.15, 0.2) is 0 Å². The van der Waals surface area contributed by atoms with Crippen LogP contribution in [0.4, 0.5) is 11.4 Å². The molecule has 1 aromatic carbocycles. The van der Waals surface area contributed by atoms with Crippen molar-refractivity contribution in [3.8, 4) is 0 Å². The molecule has 1 amide bonds. The first-order chi connectivity index (χ1) is 8.15. The lowest BCUT2D eigenvalue weighted by atomic mass is 10.2. The van der Waals surface area contributed by atoms with Gasteiger partial charge < -0.3 is 10.6 Å². The van der Waals surface area contributed by atoms with Crippen LogP contribution in [0.3, 0.4) is 0 Å². The normalized spacial score (nSPS) is 12.4. The number of hydrogen-bond acceptors (Lipinski definition) is 2. The van der Waals surface area contributed by atoms with Gasteiger partial charge in [-0.25, -0.2) is 0 Å². The lowest BCUT2D eigenvalue weighted by Gasteiger charge is -2.15. The molecule has 1 aromatic rings. The van der Waals surface area contributed by atoms with Gasteiger partial charge in [0.05, 0.1) is 0 Å². The number of anilines is 2. The average molecular weight is 232 g/mol. The second kappa shape index (κ2) is 6.74. The van der Waals surface area contributed by atoms with E-state index in [0.717, 1.165) is 17.8 Å². The molecule has 0 fully saturated rings. The van der Waals surface area contributed by atoms with E-state index in [1.165, 1.54) is 6.92 Å². The molecule has 0 heterocycles. The van der Waals surface area contributed by atoms with E-state index in [4.69, 9.17) is 0 Å². The summed E-state index contributed by atoms with van der Waals surface area (Å²) in [6.07, 6.45) is 5.19. The zero-order valence-corrected chi connectivity index (χ0v) is 10.7. The summed E-state index contributed by atoms with van der Waals surface area (Å²) in [5.41, 5.74) is 1.83. The molecule has 0 aliphatic heterocycles. The maximum atomic E-state index is 11.0. The Labute approximate surface area is 103 Å². The van der Waals surface area contributed by atoms with E-state index in [9.17, 15) is 4.79 Å². The quantitative estimate of drug-likeness (QED) is 0.764. The molecule has 1 unspecified atom stereocenters. The van der Waals surface area contributed by atoms with E-state index in [0.29, 0.717) is 6.04 Å². The molecule has 0 spiro atoms. The number of rotatable bonds is 5. The lowest BCUT2D eigenvalue weighted by molar-refractivity contribution is -0.114. The van der Waals surface area contributed by atoms with E-state index < -0.39 is 0 Å². The first kappa shape index (κ1) is 13.3. The Morgan fingerprint density at radius 3 is 2.71 bits per heavy atom. The summed E-state index contributed by atoms with van der Waals surface area (Å²) in [5, 5.41) is 6.18. The number of carbonyl (C=O) groups is 1. The monoisotopic (exact) mass is 232 g/mol. The van der Waals surface area contributed by atoms with Gasteiger partial charge in [-0.05, 0) is 31.5 Å². The van der Waals surface area contributed by atoms with Gasteiger partial charge >= 0.3 is 0 Å². The maximum Gasteiger partial charge on any atom is 0.221 e. The number of amides is 1. The second-order valence-corrected chi connectivity index (χ2v) is 3.95. The van der Waals surface area contributed by atoms with Crippen LogP contribution in [0.2, 0.25) is 0 Å². The van der Waals surface area contributed by atoms with Crippen LogP contribution in [0, 0.1) is 0 Å². The fourth-order valence-electron chi connectivity index (χ4n) is 1.62. The Bertz CT molecular complexity index is 399. The fraction of sp³-hybridized carbons (Fsp3) is 0.357. The minimum Gasteiger partial charge on any atom is -0.379 e. The molecule has 17 heavy (non-hydrogen) atoms. The molecule has 3 heteroatoms. The first-order valence-corrected chi connectivity index (χ1v) is 5.92. The van der Waals surface area contributed by atoms with E-state index >= 15 is 0 Å². The Kier molecular flexibility index (Phi) is 5.27. The molecule has 0 aliphatic carbocycles. The van der Waals surface area contributed by atoms with Crippen molar-refractivity contribution in [1.29, 1.82) is 0 Å². The van der Waals surface area contributed by atoms with Gasteiger partial charge in [0.25, 0.3) is 0 Å². The van der Waals surface area contributed by atoms with Crippen LogP contribution < -0.4 is 10.6 Å². The van der Waals surface area contributed by atoms with E-state index in [-0.39, 0.29) is 5.91 Å². The lowest BCUT2D eigenvalue weighted by Crippen LogP contribution is -2.15. The molecule has 1 rings (SSSR count). The molecular formula is C14H20N2O. The molecular weight excluding hydrogens is 212 g/mol. The van der Waals surface area contributed by atoms with Gasteiger partial charge in [-0.2, -0.15) is 0 Å². The van der Waals surface area contributed by atoms with Crippen molar-refractivity contribution in [1.82, 2.24) is 0 Å². The first-order valence-electron chi connectivity index (χ1n) is 5.92. The summed E-state index contributed by atoms with van der Waals surface area (Å²) >= 11 is 0. The Morgan fingerprint density at radius 1 is 1.41 bits per heavy atom. The molecule has 92 valence electrons. The van der Waals surface area contributed by atoms with Crippen LogP contribution in [-0.4, -0.2) is 11.9 Å². The van der Waals surface area contributed by atoms with Crippen molar-refractivity contribution in [3.63, 3.8) is 0 Å². The highest BCUT2D eigenvalue weighted by Gasteiger charge is 2.02. The summed E-state index contributed by atoms with van der Waals surface area (Å²) in [5.74, 6) is -0.0531. The van der Waals surface area contributed by atoms with Crippen molar-refractivity contribution >= 4 is 17.3 Å². The van der Waals surface area contributed by atoms with E-state index in [1.807, 2.05) is 37.3 Å². The largest absolute Gasteiger partial charge is 0.379 e. The molecule has 0 bridgehead atoms. The summed E-state index contributed by atoms with van der Waals surface area (Å²) in [7, 11) is 0. The van der Waals surface area contributed by atoms with Crippen LogP contribution in [0.5, 0.6) is 0 Å². The Balaban J connectivity index is 2.73. The van der Waals surface area contributed by atoms with E-state index in [1.54, 1.807) is 0 Å². The number of nitrogens with one attached hydrogen (secondary N) is 2. The summed E-state index contributed by atoms with van der Waals surface area (Å²) in [6, 6.07) is 8.07. The topological polar surface area (TPSA) is 41.1 Å². The van der Waals surface area contributed by atoms with Crippen LogP contribution >= 0.6 is 0 Å². The van der Waals surface area contributed by atoms with Gasteiger partial charge in [-0.3, -0.25) is 4.79 Å². The summed E-state index contributed by atoms with van der Waals surface area (Å²) in [4.78, 5) is 11.0. The molecule has 0 saturated heterocycles. The molecule has 1 atom stereocenters. The third-order valence-electron chi connectivity index (χ3n) is 2.40. The van der Waals surface area contributed by atoms with Crippen LogP contribution in [-0.2, 0) is 4.79 Å². The molecule has 0 saturated carbocycles. The Hall–Kier alpha value is -1.77. The van der Waals surface area contributed by atoms with Crippen LogP contribution in [0.25, 0.3) is 0 Å². The number of carbonyl (C=O) groups excluding carboxylic acids is 1. The number of benzene rings is 1. The average Bonchev–Trinajstić information content (AvgIpc) is 2.28. The standard InChI is InChI=1S/C14H20N2O/c1-4-7-12(5-2)16-14-9-6-8-13(10-14)15-11(3)17/h4,6-10,12,16H,5H2,1-3H3,(H,15,17). The number of allylic oxidation sites excluding steroid dienone is 1. The van der Waals surface area contributed by atoms with Crippen molar-refractivity contribution in [2.24, 2.45) is 0 Å². The predicted molar refractivity (Wildman–Crippen MR) is 73.3 cm³/mol. The van der Waals surface area contributed by atoms with Crippen molar-refractivity contribution in [2.45, 2.75) is 33.2 Å². The van der Waals surface area contributed by atoms with Crippen LogP contribution in [0.15, 0.2) is 36.4 Å². The molecule has 2 N–H and O–H groups in total. The molecule has 0 radical (unpaired) electrons. The fourth-order valence-corrected chi connectivity index (χ4v) is 1.62. The van der Waals surface area contributed by atoms with Gasteiger partial charge in [-0.1, -0.05) is 25.1 Å². The van der Waals surface area contributed by atoms with E-state index in [2.05, 4.69) is 23.6 Å². The minimum absolute atomic E-state index is 0.0531. The van der Waals surface area contributed by atoms with Crippen LogP contribution in [0.1, 0.15) is 27.2 Å². The van der Waals surface area contributed by atoms with Crippen molar-refractivity contribution < 1.29 is 4.79 Å². The summed E-state index contributed by atoms with van der Waals surface area (Å²) < 4.78 is 0. The molecule has 0 aromatic heterocycles. The minimum atomic E-state index is -0.0531. The Morgan fingerprint density at radius 2 is 2.12 bits per heavy atom. The predicted octanol–water partition coefficient (Wildman–Crippen LogP) is 3.41. The van der Waals surface area contributed by atoms with Crippen molar-refractivity contribution in [3.05, 3.63) is 36.4 Å². The zero-order valence-electron chi connectivity index (χ0n) is 10.7. The zero-order chi connectivity index (χ0) is 12.7. The summed E-state index contributed by atoms with van der Waals surface area (Å²) in [6.45, 7) is 5.65. The number of hydrogen-bond donors (Lipinski definition) is 2. The highest BCUT2D eigenvalue weighted by molar-refractivity contribution is 5.89. The SMILES string of the molecule is CC=CC(CC)Nc1cccc(NC(C)=O)c1. The van der Waals surface area contributed by atoms with Gasteiger partial charge in [0.2, 0.25) is 5.91 Å². The van der Waals surface area contributed by atoms with Gasteiger partial charge in [0, 0.05) is 24.3 Å². The van der Waals surface area contributed by atoms with Gasteiger partial charge in [-0.15, -0.1) is 0 Å². The third-order valence-corrected chi connectivity index (χ3v) is 2.40. The van der Waals surface area contributed by atoms with Gasteiger partial charge in [0.1, 0.15) is 0 Å². The highest BCUT2D eigenvalue weighted by atomic mass is 16.1. The third kappa shape index (κ3) is 4.72. The smallest absolute Gasteiger partial charge is 0.221 e. The second-order valence-electron chi connectivity index (χ2n) is 3.95.